The van der Waals surface area contributed by atoms with Crippen molar-refractivity contribution in [2.75, 3.05) is 11.9 Å². The summed E-state index contributed by atoms with van der Waals surface area (Å²) in [7, 11) is 0. The van der Waals surface area contributed by atoms with Gasteiger partial charge in [0.05, 0.1) is 17.3 Å². The van der Waals surface area contributed by atoms with Gasteiger partial charge in [-0.25, -0.2) is 4.79 Å². The van der Waals surface area contributed by atoms with Gasteiger partial charge < -0.3 is 15.7 Å². The standard InChI is InChI=1S/C16H17ClN2O2S/c17-12-4-1-2-5-13(12)19-15(20)18-10-16(21)8-3-6-14-11(16)7-9-22-14/h1-2,4-5,7,9,21H,3,6,8,10H2,(H2,18,19,20). The number of anilines is 1. The van der Waals surface area contributed by atoms with E-state index in [1.807, 2.05) is 11.4 Å². The zero-order valence-corrected chi connectivity index (χ0v) is 13.5. The maximum atomic E-state index is 12.0. The molecule has 6 heteroatoms. The van der Waals surface area contributed by atoms with Crippen molar-refractivity contribution in [2.45, 2.75) is 24.9 Å². The number of aryl methyl sites for hydroxylation is 1. The van der Waals surface area contributed by atoms with Crippen molar-refractivity contribution in [1.29, 1.82) is 0 Å². The first-order chi connectivity index (χ1) is 10.6. The van der Waals surface area contributed by atoms with Crippen LogP contribution in [0.1, 0.15) is 23.3 Å². The van der Waals surface area contributed by atoms with Crippen molar-refractivity contribution in [2.24, 2.45) is 0 Å². The summed E-state index contributed by atoms with van der Waals surface area (Å²) in [6, 6.07) is 8.62. The van der Waals surface area contributed by atoms with Crippen LogP contribution in [0.15, 0.2) is 35.7 Å². The summed E-state index contributed by atoms with van der Waals surface area (Å²) in [5, 5.41) is 18.7. The molecule has 0 saturated heterocycles. The van der Waals surface area contributed by atoms with Gasteiger partial charge in [-0.2, -0.15) is 0 Å². The van der Waals surface area contributed by atoms with Gasteiger partial charge in [-0.15, -0.1) is 11.3 Å². The number of aliphatic hydroxyl groups is 1. The average molecular weight is 337 g/mol. The number of carbonyl (C=O) groups is 1. The lowest BCUT2D eigenvalue weighted by Crippen LogP contribution is -2.43. The molecule has 116 valence electrons. The SMILES string of the molecule is O=C(NCC1(O)CCCc2sccc21)Nc1ccccc1Cl. The average Bonchev–Trinajstić information content (AvgIpc) is 2.98. The fourth-order valence-corrected chi connectivity index (χ4v) is 3.96. The Morgan fingerprint density at radius 2 is 2.18 bits per heavy atom. The van der Waals surface area contributed by atoms with Crippen LogP contribution < -0.4 is 10.6 Å². The van der Waals surface area contributed by atoms with E-state index < -0.39 is 5.60 Å². The molecule has 0 spiro atoms. The predicted molar refractivity (Wildman–Crippen MR) is 89.6 cm³/mol. The minimum Gasteiger partial charge on any atom is -0.383 e. The molecule has 1 aromatic heterocycles. The van der Waals surface area contributed by atoms with Crippen molar-refractivity contribution in [3.05, 3.63) is 51.2 Å². The summed E-state index contributed by atoms with van der Waals surface area (Å²) in [4.78, 5) is 13.2. The molecule has 0 radical (unpaired) electrons. The Labute approximate surface area is 138 Å². The van der Waals surface area contributed by atoms with Gasteiger partial charge >= 0.3 is 6.03 Å². The number of carbonyl (C=O) groups excluding carboxylic acids is 1. The van der Waals surface area contributed by atoms with Crippen LogP contribution >= 0.6 is 22.9 Å². The molecule has 1 aliphatic carbocycles. The summed E-state index contributed by atoms with van der Waals surface area (Å²) in [6.45, 7) is 0.188. The van der Waals surface area contributed by atoms with Gasteiger partial charge in [-0.05, 0) is 48.4 Å². The number of para-hydroxylation sites is 1. The Balaban J connectivity index is 1.64. The van der Waals surface area contributed by atoms with Crippen molar-refractivity contribution in [3.63, 3.8) is 0 Å². The number of urea groups is 1. The molecule has 3 N–H and O–H groups in total. The molecule has 1 aromatic carbocycles. The van der Waals surface area contributed by atoms with E-state index in [-0.39, 0.29) is 12.6 Å². The normalized spacial score (nSPS) is 20.3. The van der Waals surface area contributed by atoms with Crippen LogP contribution in [0.2, 0.25) is 5.02 Å². The fourth-order valence-electron chi connectivity index (χ4n) is 2.76. The van der Waals surface area contributed by atoms with Crippen LogP contribution in [0, 0.1) is 0 Å². The van der Waals surface area contributed by atoms with Gasteiger partial charge in [0.2, 0.25) is 0 Å². The first-order valence-corrected chi connectivity index (χ1v) is 8.43. The van der Waals surface area contributed by atoms with E-state index in [9.17, 15) is 9.90 Å². The largest absolute Gasteiger partial charge is 0.383 e. The Bertz CT molecular complexity index is 688. The molecule has 1 heterocycles. The Kier molecular flexibility index (Phi) is 4.38. The molecule has 1 aliphatic rings. The lowest BCUT2D eigenvalue weighted by Gasteiger charge is -2.32. The van der Waals surface area contributed by atoms with E-state index in [2.05, 4.69) is 10.6 Å². The van der Waals surface area contributed by atoms with Crippen molar-refractivity contribution in [1.82, 2.24) is 5.32 Å². The monoisotopic (exact) mass is 336 g/mol. The van der Waals surface area contributed by atoms with Gasteiger partial charge in [0.25, 0.3) is 0 Å². The highest BCUT2D eigenvalue weighted by Crippen LogP contribution is 2.37. The molecule has 1 unspecified atom stereocenters. The minimum absolute atomic E-state index is 0.188. The van der Waals surface area contributed by atoms with E-state index >= 15 is 0 Å². The number of nitrogens with one attached hydrogen (secondary N) is 2. The number of fused-ring (bicyclic) bond motifs is 1. The third-order valence-electron chi connectivity index (χ3n) is 3.90. The molecule has 2 aromatic rings. The molecular formula is C16H17ClN2O2S. The lowest BCUT2D eigenvalue weighted by molar-refractivity contribution is 0.0229. The van der Waals surface area contributed by atoms with E-state index in [1.54, 1.807) is 35.6 Å². The van der Waals surface area contributed by atoms with Gasteiger partial charge in [-0.1, -0.05) is 23.7 Å². The number of thiophene rings is 1. The molecule has 0 bridgehead atoms. The summed E-state index contributed by atoms with van der Waals surface area (Å²) in [6.07, 6.45) is 2.59. The minimum atomic E-state index is -0.981. The van der Waals surface area contributed by atoms with Crippen molar-refractivity contribution < 1.29 is 9.90 Å². The molecule has 2 amide bonds. The van der Waals surface area contributed by atoms with Crippen LogP contribution in [0.4, 0.5) is 10.5 Å². The highest BCUT2D eigenvalue weighted by atomic mass is 35.5. The Morgan fingerprint density at radius 3 is 3.00 bits per heavy atom. The topological polar surface area (TPSA) is 61.4 Å². The summed E-state index contributed by atoms with van der Waals surface area (Å²) < 4.78 is 0. The zero-order chi connectivity index (χ0) is 15.6. The molecule has 4 nitrogen and oxygen atoms in total. The molecule has 22 heavy (non-hydrogen) atoms. The zero-order valence-electron chi connectivity index (χ0n) is 11.9. The lowest BCUT2D eigenvalue weighted by atomic mass is 9.83. The second-order valence-electron chi connectivity index (χ2n) is 5.43. The van der Waals surface area contributed by atoms with Gasteiger partial charge in [0.1, 0.15) is 5.60 Å². The van der Waals surface area contributed by atoms with Crippen LogP contribution in [0.5, 0.6) is 0 Å². The van der Waals surface area contributed by atoms with E-state index in [0.29, 0.717) is 17.1 Å². The highest BCUT2D eigenvalue weighted by Gasteiger charge is 2.35. The molecule has 0 aliphatic heterocycles. The fraction of sp³-hybridized carbons (Fsp3) is 0.312. The first kappa shape index (κ1) is 15.3. The highest BCUT2D eigenvalue weighted by molar-refractivity contribution is 7.10. The van der Waals surface area contributed by atoms with E-state index in [0.717, 1.165) is 18.4 Å². The Hall–Kier alpha value is -1.56. The van der Waals surface area contributed by atoms with Crippen LogP contribution in [-0.4, -0.2) is 17.7 Å². The molecule has 1 atom stereocenters. The third kappa shape index (κ3) is 3.11. The maximum absolute atomic E-state index is 12.0. The smallest absolute Gasteiger partial charge is 0.319 e. The summed E-state index contributed by atoms with van der Waals surface area (Å²) in [5.41, 5.74) is 0.515. The van der Waals surface area contributed by atoms with Gasteiger partial charge in [0, 0.05) is 4.88 Å². The summed E-state index contributed by atoms with van der Waals surface area (Å²) >= 11 is 7.67. The quantitative estimate of drug-likeness (QED) is 0.799. The number of amides is 2. The van der Waals surface area contributed by atoms with E-state index in [4.69, 9.17) is 11.6 Å². The van der Waals surface area contributed by atoms with Gasteiger partial charge in [0.15, 0.2) is 0 Å². The molecule has 0 fully saturated rings. The van der Waals surface area contributed by atoms with E-state index in [1.165, 1.54) is 4.88 Å². The maximum Gasteiger partial charge on any atom is 0.319 e. The van der Waals surface area contributed by atoms with Gasteiger partial charge in [-0.3, -0.25) is 0 Å². The molecular weight excluding hydrogens is 320 g/mol. The van der Waals surface area contributed by atoms with Crippen LogP contribution in [0.3, 0.4) is 0 Å². The number of hydrogen-bond donors (Lipinski definition) is 3. The predicted octanol–water partition coefficient (Wildman–Crippen LogP) is 3.75. The number of rotatable bonds is 3. The number of hydrogen-bond acceptors (Lipinski definition) is 3. The Morgan fingerprint density at radius 1 is 1.36 bits per heavy atom. The van der Waals surface area contributed by atoms with Crippen molar-refractivity contribution in [3.8, 4) is 0 Å². The molecule has 0 saturated carbocycles. The number of halogens is 1. The second-order valence-corrected chi connectivity index (χ2v) is 6.84. The second kappa shape index (κ2) is 6.28. The van der Waals surface area contributed by atoms with Crippen LogP contribution in [0.25, 0.3) is 0 Å². The summed E-state index contributed by atoms with van der Waals surface area (Å²) in [5.74, 6) is 0. The van der Waals surface area contributed by atoms with Crippen molar-refractivity contribution >= 4 is 34.7 Å². The first-order valence-electron chi connectivity index (χ1n) is 7.17. The van der Waals surface area contributed by atoms with Crippen LogP contribution in [-0.2, 0) is 12.0 Å². The number of benzene rings is 1. The third-order valence-corrected chi connectivity index (χ3v) is 5.21. The molecule has 3 rings (SSSR count).